The zero-order valence-corrected chi connectivity index (χ0v) is 18.6. The van der Waals surface area contributed by atoms with Crippen molar-refractivity contribution < 1.29 is 9.59 Å². The number of hydrogen-bond donors (Lipinski definition) is 2. The van der Waals surface area contributed by atoms with Gasteiger partial charge in [0.2, 0.25) is 11.8 Å². The van der Waals surface area contributed by atoms with Gasteiger partial charge in [0.1, 0.15) is 0 Å². The average Bonchev–Trinajstić information content (AvgIpc) is 3.15. The van der Waals surface area contributed by atoms with Gasteiger partial charge in [-0.1, -0.05) is 36.7 Å². The molecule has 1 saturated carbocycles. The van der Waals surface area contributed by atoms with Crippen molar-refractivity contribution in [3.8, 4) is 0 Å². The molecule has 4 rings (SSSR count). The van der Waals surface area contributed by atoms with Crippen molar-refractivity contribution in [2.75, 3.05) is 16.4 Å². The van der Waals surface area contributed by atoms with Crippen LogP contribution >= 0.6 is 23.1 Å². The van der Waals surface area contributed by atoms with E-state index in [4.69, 9.17) is 0 Å². The number of rotatable bonds is 6. The first kappa shape index (κ1) is 20.9. The van der Waals surface area contributed by atoms with Crippen LogP contribution in [0.25, 0.3) is 10.2 Å². The highest BCUT2D eigenvalue weighted by atomic mass is 32.2. The van der Waals surface area contributed by atoms with Gasteiger partial charge in [-0.05, 0) is 61.7 Å². The molecular formula is C23H25N3O2S2. The zero-order valence-electron chi connectivity index (χ0n) is 16.9. The van der Waals surface area contributed by atoms with Crippen LogP contribution in [0.15, 0.2) is 47.4 Å². The fourth-order valence-corrected chi connectivity index (χ4v) is 5.31. The lowest BCUT2D eigenvalue weighted by Crippen LogP contribution is -2.24. The van der Waals surface area contributed by atoms with Crippen LogP contribution in [0.4, 0.5) is 10.8 Å². The maximum Gasteiger partial charge on any atom is 0.236 e. The predicted molar refractivity (Wildman–Crippen MR) is 125 cm³/mol. The highest BCUT2D eigenvalue weighted by Crippen LogP contribution is 2.28. The summed E-state index contributed by atoms with van der Waals surface area (Å²) in [4.78, 5) is 30.1. The SMILES string of the molecule is Cc1ccc2nc(NC(=O)CSc3ccc(NC(=O)C4CCCCC4)cc3)sc2c1. The molecule has 1 aliphatic carbocycles. The highest BCUT2D eigenvalue weighted by molar-refractivity contribution is 8.00. The van der Waals surface area contributed by atoms with E-state index < -0.39 is 0 Å². The number of carbonyl (C=O) groups excluding carboxylic acids is 2. The molecule has 0 aliphatic heterocycles. The minimum atomic E-state index is -0.0783. The van der Waals surface area contributed by atoms with E-state index in [1.165, 1.54) is 35.1 Å². The minimum Gasteiger partial charge on any atom is -0.326 e. The molecule has 0 bridgehead atoms. The number of nitrogens with one attached hydrogen (secondary N) is 2. The highest BCUT2D eigenvalue weighted by Gasteiger charge is 2.21. The van der Waals surface area contributed by atoms with E-state index in [2.05, 4.69) is 21.7 Å². The molecule has 1 aromatic heterocycles. The summed E-state index contributed by atoms with van der Waals surface area (Å²) in [6.45, 7) is 2.04. The smallest absolute Gasteiger partial charge is 0.236 e. The number of fused-ring (bicyclic) bond motifs is 1. The summed E-state index contributed by atoms with van der Waals surface area (Å²) >= 11 is 2.95. The second kappa shape index (κ2) is 9.62. The molecule has 1 aliphatic rings. The number of thiazole rings is 1. The van der Waals surface area contributed by atoms with Crippen LogP contribution in [0.3, 0.4) is 0 Å². The van der Waals surface area contributed by atoms with Gasteiger partial charge in [-0.3, -0.25) is 9.59 Å². The number of benzene rings is 2. The number of aromatic nitrogens is 1. The van der Waals surface area contributed by atoms with E-state index in [9.17, 15) is 9.59 Å². The molecule has 0 radical (unpaired) electrons. The molecule has 1 heterocycles. The second-order valence-corrected chi connectivity index (χ2v) is 9.76. The number of hydrogen-bond acceptors (Lipinski definition) is 5. The Kier molecular flexibility index (Phi) is 6.69. The zero-order chi connectivity index (χ0) is 20.9. The van der Waals surface area contributed by atoms with E-state index in [0.717, 1.165) is 46.5 Å². The van der Waals surface area contributed by atoms with Gasteiger partial charge < -0.3 is 10.6 Å². The molecule has 0 spiro atoms. The number of amides is 2. The van der Waals surface area contributed by atoms with E-state index >= 15 is 0 Å². The summed E-state index contributed by atoms with van der Waals surface area (Å²) in [5.41, 5.74) is 2.89. The number of carbonyl (C=O) groups is 2. The molecule has 2 N–H and O–H groups in total. The molecule has 7 heteroatoms. The van der Waals surface area contributed by atoms with Crippen LogP contribution in [0.5, 0.6) is 0 Å². The van der Waals surface area contributed by atoms with Crippen molar-refractivity contribution in [2.24, 2.45) is 5.92 Å². The number of nitrogens with zero attached hydrogens (tertiary/aromatic N) is 1. The van der Waals surface area contributed by atoms with E-state index in [-0.39, 0.29) is 17.7 Å². The molecule has 30 heavy (non-hydrogen) atoms. The topological polar surface area (TPSA) is 71.1 Å². The fourth-order valence-electron chi connectivity index (χ4n) is 3.63. The monoisotopic (exact) mass is 439 g/mol. The standard InChI is InChI=1S/C23H25N3O2S2/c1-15-7-12-19-20(13-15)30-23(25-19)26-21(27)14-29-18-10-8-17(9-11-18)24-22(28)16-5-3-2-4-6-16/h7-13,16H,2-6,14H2,1H3,(H,24,28)(H,25,26,27). The van der Waals surface area contributed by atoms with Gasteiger partial charge in [0, 0.05) is 16.5 Å². The van der Waals surface area contributed by atoms with Crippen molar-refractivity contribution in [3.63, 3.8) is 0 Å². The largest absolute Gasteiger partial charge is 0.326 e. The van der Waals surface area contributed by atoms with Gasteiger partial charge >= 0.3 is 0 Å². The molecule has 1 fully saturated rings. The second-order valence-electron chi connectivity index (χ2n) is 7.68. The summed E-state index contributed by atoms with van der Waals surface area (Å²) < 4.78 is 1.07. The van der Waals surface area contributed by atoms with Crippen molar-refractivity contribution in [3.05, 3.63) is 48.0 Å². The van der Waals surface area contributed by atoms with E-state index in [0.29, 0.717) is 10.9 Å². The maximum absolute atomic E-state index is 12.4. The van der Waals surface area contributed by atoms with Crippen molar-refractivity contribution >= 4 is 55.9 Å². The van der Waals surface area contributed by atoms with Gasteiger partial charge in [0.05, 0.1) is 16.0 Å². The van der Waals surface area contributed by atoms with Crippen molar-refractivity contribution in [1.29, 1.82) is 0 Å². The first-order chi connectivity index (χ1) is 14.6. The van der Waals surface area contributed by atoms with Crippen molar-refractivity contribution in [1.82, 2.24) is 4.98 Å². The Morgan fingerprint density at radius 3 is 2.60 bits per heavy atom. The third kappa shape index (κ3) is 5.40. The summed E-state index contributed by atoms with van der Waals surface area (Å²) in [6.07, 6.45) is 5.51. The Bertz CT molecular complexity index is 1040. The molecule has 0 atom stereocenters. The van der Waals surface area contributed by atoms with Crippen LogP contribution < -0.4 is 10.6 Å². The molecule has 0 unspecified atom stereocenters. The Morgan fingerprint density at radius 2 is 1.83 bits per heavy atom. The van der Waals surface area contributed by atoms with Gasteiger partial charge in [0.25, 0.3) is 0 Å². The minimum absolute atomic E-state index is 0.0783. The molecule has 3 aromatic rings. The van der Waals surface area contributed by atoms with E-state index in [1.54, 1.807) is 0 Å². The fraction of sp³-hybridized carbons (Fsp3) is 0.348. The van der Waals surface area contributed by atoms with Crippen LogP contribution in [0.2, 0.25) is 0 Å². The number of anilines is 2. The lowest BCUT2D eigenvalue weighted by molar-refractivity contribution is -0.120. The number of aryl methyl sites for hydroxylation is 1. The maximum atomic E-state index is 12.4. The molecule has 156 valence electrons. The lowest BCUT2D eigenvalue weighted by atomic mass is 9.88. The third-order valence-electron chi connectivity index (χ3n) is 5.26. The molecule has 5 nitrogen and oxygen atoms in total. The quantitative estimate of drug-likeness (QED) is 0.472. The Hall–Kier alpha value is -2.38. The van der Waals surface area contributed by atoms with Crippen LogP contribution in [0.1, 0.15) is 37.7 Å². The summed E-state index contributed by atoms with van der Waals surface area (Å²) in [5.74, 6) is 0.497. The van der Waals surface area contributed by atoms with E-state index in [1.807, 2.05) is 43.3 Å². The first-order valence-electron chi connectivity index (χ1n) is 10.3. The summed E-state index contributed by atoms with van der Waals surface area (Å²) in [7, 11) is 0. The lowest BCUT2D eigenvalue weighted by Gasteiger charge is -2.20. The van der Waals surface area contributed by atoms with Crippen LogP contribution in [-0.4, -0.2) is 22.6 Å². The Labute approximate surface area is 184 Å². The number of thioether (sulfide) groups is 1. The molecule has 2 aromatic carbocycles. The van der Waals surface area contributed by atoms with Crippen LogP contribution in [-0.2, 0) is 9.59 Å². The Morgan fingerprint density at radius 1 is 1.07 bits per heavy atom. The average molecular weight is 440 g/mol. The summed E-state index contributed by atoms with van der Waals surface area (Å²) in [5, 5.41) is 6.53. The first-order valence-corrected chi connectivity index (χ1v) is 12.1. The van der Waals surface area contributed by atoms with Gasteiger partial charge in [-0.15, -0.1) is 11.8 Å². The predicted octanol–water partition coefficient (Wildman–Crippen LogP) is 5.85. The van der Waals surface area contributed by atoms with Gasteiger partial charge in [-0.2, -0.15) is 0 Å². The third-order valence-corrected chi connectivity index (χ3v) is 7.20. The molecule has 0 saturated heterocycles. The van der Waals surface area contributed by atoms with Crippen molar-refractivity contribution in [2.45, 2.75) is 43.9 Å². The van der Waals surface area contributed by atoms with Gasteiger partial charge in [0.15, 0.2) is 5.13 Å². The molecule has 2 amide bonds. The Balaban J connectivity index is 1.26. The van der Waals surface area contributed by atoms with Crippen LogP contribution in [0, 0.1) is 12.8 Å². The van der Waals surface area contributed by atoms with Gasteiger partial charge in [-0.25, -0.2) is 4.98 Å². The summed E-state index contributed by atoms with van der Waals surface area (Å²) in [6, 6.07) is 13.7. The molecular weight excluding hydrogens is 414 g/mol. The normalized spacial score (nSPS) is 14.6.